The topological polar surface area (TPSA) is 44.4 Å². The van der Waals surface area contributed by atoms with E-state index in [2.05, 4.69) is 22.5 Å². The van der Waals surface area contributed by atoms with Gasteiger partial charge in [0.05, 0.1) is 10.6 Å². The summed E-state index contributed by atoms with van der Waals surface area (Å²) in [5.74, 6) is -0.822. The van der Waals surface area contributed by atoms with E-state index in [1.807, 2.05) is 24.3 Å². The van der Waals surface area contributed by atoms with Crippen LogP contribution >= 0.6 is 36.4 Å². The smallest absolute Gasteiger partial charge is 0.257 e. The molecule has 4 nitrogen and oxygen atoms in total. The van der Waals surface area contributed by atoms with Crippen LogP contribution in [0.2, 0.25) is 5.02 Å². The summed E-state index contributed by atoms with van der Waals surface area (Å²) in [6, 6.07) is 11.8. The van der Waals surface area contributed by atoms with E-state index < -0.39 is 5.82 Å². The minimum absolute atomic E-state index is 0. The molecule has 1 aliphatic heterocycles. The van der Waals surface area contributed by atoms with Gasteiger partial charge in [0.15, 0.2) is 0 Å². The molecule has 0 aromatic heterocycles. The second-order valence-corrected chi connectivity index (χ2v) is 7.33. The van der Waals surface area contributed by atoms with Gasteiger partial charge in [-0.1, -0.05) is 24.6 Å². The molecular formula is C21H27Cl3FN3O. The first kappa shape index (κ1) is 25.5. The Bertz CT molecular complexity index is 798. The van der Waals surface area contributed by atoms with Crippen LogP contribution in [0.4, 0.5) is 15.8 Å². The zero-order valence-electron chi connectivity index (χ0n) is 16.3. The summed E-state index contributed by atoms with van der Waals surface area (Å²) in [7, 11) is 0. The van der Waals surface area contributed by atoms with Crippen LogP contribution in [-0.4, -0.2) is 36.5 Å². The van der Waals surface area contributed by atoms with E-state index in [0.29, 0.717) is 11.7 Å². The third-order valence-electron chi connectivity index (χ3n) is 4.79. The molecule has 0 unspecified atom stereocenters. The molecule has 0 saturated carbocycles. The number of benzene rings is 2. The van der Waals surface area contributed by atoms with Crippen molar-refractivity contribution in [1.29, 1.82) is 0 Å². The second-order valence-electron chi connectivity index (χ2n) is 6.92. The maximum absolute atomic E-state index is 13.2. The minimum atomic E-state index is -0.465. The van der Waals surface area contributed by atoms with Crippen molar-refractivity contribution in [2.24, 2.45) is 0 Å². The van der Waals surface area contributed by atoms with Crippen LogP contribution < -0.4 is 10.6 Å². The molecule has 8 heteroatoms. The third kappa shape index (κ3) is 7.34. The molecule has 0 aliphatic carbocycles. The molecule has 0 radical (unpaired) electrons. The number of likely N-dealkylation sites (tertiary alicyclic amines) is 1. The molecule has 160 valence electrons. The van der Waals surface area contributed by atoms with Gasteiger partial charge in [0.1, 0.15) is 5.82 Å². The molecule has 0 atom stereocenters. The monoisotopic (exact) mass is 461 g/mol. The maximum Gasteiger partial charge on any atom is 0.257 e. The fourth-order valence-electron chi connectivity index (χ4n) is 3.41. The first-order chi connectivity index (χ1) is 13.0. The predicted molar refractivity (Wildman–Crippen MR) is 124 cm³/mol. The van der Waals surface area contributed by atoms with E-state index in [1.165, 1.54) is 25.1 Å². The number of anilines is 2. The van der Waals surface area contributed by atoms with Crippen molar-refractivity contribution in [2.75, 3.05) is 30.3 Å². The van der Waals surface area contributed by atoms with Crippen LogP contribution in [0.1, 0.15) is 36.5 Å². The van der Waals surface area contributed by atoms with Crippen molar-refractivity contribution < 1.29 is 9.18 Å². The molecule has 2 aromatic carbocycles. The van der Waals surface area contributed by atoms with Gasteiger partial charge >= 0.3 is 0 Å². The quantitative estimate of drug-likeness (QED) is 0.565. The summed E-state index contributed by atoms with van der Waals surface area (Å²) >= 11 is 5.97. The number of carbonyl (C=O) groups is 1. The fraction of sp³-hybridized carbons (Fsp3) is 0.381. The highest BCUT2D eigenvalue weighted by Crippen LogP contribution is 2.22. The Morgan fingerprint density at radius 1 is 1.14 bits per heavy atom. The lowest BCUT2D eigenvalue weighted by atomic mass is 10.0. The third-order valence-corrected chi connectivity index (χ3v) is 5.11. The second kappa shape index (κ2) is 12.2. The van der Waals surface area contributed by atoms with Gasteiger partial charge in [0.25, 0.3) is 5.91 Å². The first-order valence-corrected chi connectivity index (χ1v) is 9.78. The predicted octanol–water partition coefficient (Wildman–Crippen LogP) is 5.86. The zero-order chi connectivity index (χ0) is 19.2. The highest BCUT2D eigenvalue weighted by atomic mass is 35.5. The number of nitrogens with zero attached hydrogens (tertiary/aromatic N) is 1. The van der Waals surface area contributed by atoms with Gasteiger partial charge in [-0.05, 0) is 62.2 Å². The Morgan fingerprint density at radius 2 is 1.83 bits per heavy atom. The van der Waals surface area contributed by atoms with Gasteiger partial charge in [-0.15, -0.1) is 24.8 Å². The Hall–Kier alpha value is -1.53. The largest absolute Gasteiger partial charge is 0.382 e. The van der Waals surface area contributed by atoms with Gasteiger partial charge in [-0.25, -0.2) is 4.39 Å². The molecule has 1 amide bonds. The van der Waals surface area contributed by atoms with Gasteiger partial charge in [-0.2, -0.15) is 0 Å². The molecule has 1 fully saturated rings. The lowest BCUT2D eigenvalue weighted by Gasteiger charge is -2.32. The van der Waals surface area contributed by atoms with E-state index in [1.54, 1.807) is 0 Å². The van der Waals surface area contributed by atoms with E-state index >= 15 is 0 Å². The number of piperidine rings is 1. The maximum atomic E-state index is 13.2. The van der Waals surface area contributed by atoms with Crippen molar-refractivity contribution in [3.63, 3.8) is 0 Å². The minimum Gasteiger partial charge on any atom is -0.382 e. The number of carbonyl (C=O) groups excluding carboxylic acids is 1. The zero-order valence-corrected chi connectivity index (χ0v) is 18.7. The van der Waals surface area contributed by atoms with Gasteiger partial charge in [0.2, 0.25) is 0 Å². The molecule has 3 rings (SSSR count). The van der Waals surface area contributed by atoms with E-state index in [9.17, 15) is 9.18 Å². The molecule has 0 bridgehead atoms. The van der Waals surface area contributed by atoms with Crippen LogP contribution in [-0.2, 0) is 0 Å². The summed E-state index contributed by atoms with van der Waals surface area (Å²) in [5, 5.41) is 6.49. The molecule has 0 spiro atoms. The van der Waals surface area contributed by atoms with Crippen LogP contribution in [0.15, 0.2) is 42.5 Å². The van der Waals surface area contributed by atoms with Crippen molar-refractivity contribution in [3.05, 3.63) is 58.9 Å². The van der Waals surface area contributed by atoms with Gasteiger partial charge in [0, 0.05) is 30.5 Å². The summed E-state index contributed by atoms with van der Waals surface area (Å²) in [5.41, 5.74) is 1.90. The summed E-state index contributed by atoms with van der Waals surface area (Å²) in [4.78, 5) is 14.9. The van der Waals surface area contributed by atoms with Gasteiger partial charge in [-0.3, -0.25) is 4.79 Å². The number of rotatable bonds is 6. The van der Waals surface area contributed by atoms with Crippen molar-refractivity contribution in [3.8, 4) is 0 Å². The van der Waals surface area contributed by atoms with Crippen LogP contribution in [0.5, 0.6) is 0 Å². The number of nitrogens with one attached hydrogen (secondary N) is 2. The van der Waals surface area contributed by atoms with Gasteiger partial charge < -0.3 is 15.5 Å². The molecule has 2 N–H and O–H groups in total. The Labute approximate surface area is 189 Å². The average Bonchev–Trinajstić information content (AvgIpc) is 2.64. The van der Waals surface area contributed by atoms with Crippen molar-refractivity contribution in [2.45, 2.75) is 32.2 Å². The number of hydrogen-bond acceptors (Lipinski definition) is 3. The normalized spacial score (nSPS) is 14.4. The molecular weight excluding hydrogens is 436 g/mol. The molecule has 1 heterocycles. The average molecular weight is 463 g/mol. The lowest BCUT2D eigenvalue weighted by molar-refractivity contribution is 0.102. The number of amides is 1. The standard InChI is InChI=1S/C21H25ClFN3O.2ClH/c1-2-10-26-11-8-16(9-12-26)24-17-4-3-5-18(14-17)25-21(27)19-7-6-15(23)13-20(19)22;;/h3-7,13-14,16,24H,2,8-12H2,1H3,(H,25,27);2*1H. The van der Waals surface area contributed by atoms with E-state index in [0.717, 1.165) is 37.7 Å². The van der Waals surface area contributed by atoms with Crippen molar-refractivity contribution >= 4 is 53.7 Å². The fourth-order valence-corrected chi connectivity index (χ4v) is 3.66. The molecule has 1 aliphatic rings. The highest BCUT2D eigenvalue weighted by Gasteiger charge is 2.18. The number of halogens is 4. The van der Waals surface area contributed by atoms with E-state index in [-0.39, 0.29) is 41.3 Å². The van der Waals surface area contributed by atoms with Crippen LogP contribution in [0.25, 0.3) is 0 Å². The Morgan fingerprint density at radius 3 is 2.48 bits per heavy atom. The SMILES string of the molecule is CCCN1CCC(Nc2cccc(NC(=O)c3ccc(F)cc3Cl)c2)CC1.Cl.Cl. The van der Waals surface area contributed by atoms with Crippen LogP contribution in [0.3, 0.4) is 0 Å². The van der Waals surface area contributed by atoms with Crippen LogP contribution in [0, 0.1) is 5.82 Å². The summed E-state index contributed by atoms with van der Waals surface area (Å²) < 4.78 is 13.2. The summed E-state index contributed by atoms with van der Waals surface area (Å²) in [6.07, 6.45) is 3.42. The lowest BCUT2D eigenvalue weighted by Crippen LogP contribution is -2.39. The molecule has 1 saturated heterocycles. The molecule has 29 heavy (non-hydrogen) atoms. The highest BCUT2D eigenvalue weighted by molar-refractivity contribution is 6.34. The van der Waals surface area contributed by atoms with Crippen molar-refractivity contribution in [1.82, 2.24) is 4.90 Å². The Balaban J connectivity index is 0.00000210. The summed E-state index contributed by atoms with van der Waals surface area (Å²) in [6.45, 7) is 5.61. The number of hydrogen-bond donors (Lipinski definition) is 2. The Kier molecular flexibility index (Phi) is 10.8. The van der Waals surface area contributed by atoms with E-state index in [4.69, 9.17) is 11.6 Å². The molecule has 2 aromatic rings. The first-order valence-electron chi connectivity index (χ1n) is 9.40.